The van der Waals surface area contributed by atoms with Gasteiger partial charge in [-0.15, -0.1) is 0 Å². The molecule has 104 valence electrons. The number of nitro groups is 1. The summed E-state index contributed by atoms with van der Waals surface area (Å²) in [7, 11) is 0. The van der Waals surface area contributed by atoms with Crippen LogP contribution in [0, 0.1) is 10.1 Å². The molecule has 0 aliphatic heterocycles. The number of nitrogens with zero attached hydrogens (tertiary/aromatic N) is 2. The van der Waals surface area contributed by atoms with Crippen LogP contribution in [0.2, 0.25) is 0 Å². The molecule has 1 fully saturated rings. The molecule has 0 atom stereocenters. The van der Waals surface area contributed by atoms with Gasteiger partial charge in [0.15, 0.2) is 0 Å². The lowest BCUT2D eigenvalue weighted by Crippen LogP contribution is -2.45. The van der Waals surface area contributed by atoms with Gasteiger partial charge in [-0.05, 0) is 12.8 Å². The van der Waals surface area contributed by atoms with Crippen LogP contribution in [0.4, 0.5) is 5.69 Å². The minimum Gasteiger partial charge on any atom is -0.476 e. The predicted octanol–water partition coefficient (Wildman–Crippen LogP) is 2.42. The van der Waals surface area contributed by atoms with Gasteiger partial charge >= 0.3 is 0 Å². The molecule has 1 aromatic heterocycles. The summed E-state index contributed by atoms with van der Waals surface area (Å²) < 4.78 is 5.58. The van der Waals surface area contributed by atoms with Crippen LogP contribution in [0.15, 0.2) is 18.3 Å². The van der Waals surface area contributed by atoms with Gasteiger partial charge in [0.1, 0.15) is 12.8 Å². The maximum Gasteiger partial charge on any atom is 0.287 e. The lowest BCUT2D eigenvalue weighted by Gasteiger charge is -2.27. The second-order valence-corrected chi connectivity index (χ2v) is 5.18. The van der Waals surface area contributed by atoms with Crippen molar-refractivity contribution in [1.82, 2.24) is 4.98 Å². The molecule has 19 heavy (non-hydrogen) atoms. The number of rotatable bonds is 4. The Balaban J connectivity index is 1.92. The largest absolute Gasteiger partial charge is 0.476 e. The molecule has 1 heterocycles. The zero-order valence-electron chi connectivity index (χ0n) is 10.9. The molecule has 0 bridgehead atoms. The van der Waals surface area contributed by atoms with E-state index in [0.29, 0.717) is 12.5 Å². The van der Waals surface area contributed by atoms with Crippen molar-refractivity contribution in [3.63, 3.8) is 0 Å². The number of hydrogen-bond acceptors (Lipinski definition) is 5. The Morgan fingerprint density at radius 2 is 2.00 bits per heavy atom. The van der Waals surface area contributed by atoms with Crippen LogP contribution < -0.4 is 10.5 Å². The summed E-state index contributed by atoms with van der Waals surface area (Å²) in [6, 6.07) is 2.90. The molecule has 6 heteroatoms. The van der Waals surface area contributed by atoms with Crippen molar-refractivity contribution in [2.45, 2.75) is 44.1 Å². The Labute approximate surface area is 112 Å². The summed E-state index contributed by atoms with van der Waals surface area (Å²) in [5.41, 5.74) is 5.99. The molecule has 0 radical (unpaired) electrons. The van der Waals surface area contributed by atoms with Crippen LogP contribution in [0.1, 0.15) is 38.5 Å². The van der Waals surface area contributed by atoms with Crippen molar-refractivity contribution in [2.75, 3.05) is 6.61 Å². The highest BCUT2D eigenvalue weighted by molar-refractivity contribution is 5.28. The normalized spacial score (nSPS) is 18.6. The van der Waals surface area contributed by atoms with Gasteiger partial charge in [-0.2, -0.15) is 0 Å². The van der Waals surface area contributed by atoms with Crippen molar-refractivity contribution in [3.05, 3.63) is 28.4 Å². The summed E-state index contributed by atoms with van der Waals surface area (Å²) in [5, 5.41) is 10.5. The second kappa shape index (κ2) is 5.97. The van der Waals surface area contributed by atoms with Crippen LogP contribution in [-0.2, 0) is 0 Å². The standard InChI is InChI=1S/C13H19N3O3/c14-13(7-3-1-2-4-8-13)10-19-12-6-5-11(9-15-12)16(17)18/h5-6,9H,1-4,7-8,10,14H2. The van der Waals surface area contributed by atoms with E-state index in [4.69, 9.17) is 10.5 Å². The minimum absolute atomic E-state index is 0.0377. The van der Waals surface area contributed by atoms with Crippen LogP contribution >= 0.6 is 0 Å². The third-order valence-corrected chi connectivity index (χ3v) is 3.54. The van der Waals surface area contributed by atoms with Crippen LogP contribution in [0.3, 0.4) is 0 Å². The van der Waals surface area contributed by atoms with Gasteiger partial charge in [0, 0.05) is 12.1 Å². The third kappa shape index (κ3) is 3.89. The molecular formula is C13H19N3O3. The van der Waals surface area contributed by atoms with Gasteiger partial charge in [0.05, 0.1) is 10.5 Å². The maximum absolute atomic E-state index is 10.5. The summed E-state index contributed by atoms with van der Waals surface area (Å²) in [6.07, 6.45) is 7.84. The van der Waals surface area contributed by atoms with E-state index in [1.54, 1.807) is 0 Å². The predicted molar refractivity (Wildman–Crippen MR) is 71.0 cm³/mol. The lowest BCUT2D eigenvalue weighted by molar-refractivity contribution is -0.385. The Bertz CT molecular complexity index is 425. The van der Waals surface area contributed by atoms with E-state index in [1.807, 2.05) is 0 Å². The molecule has 0 aromatic carbocycles. The Morgan fingerprint density at radius 1 is 1.32 bits per heavy atom. The summed E-state index contributed by atoms with van der Waals surface area (Å²) in [6.45, 7) is 0.414. The van der Waals surface area contributed by atoms with Crippen molar-refractivity contribution in [3.8, 4) is 5.88 Å². The van der Waals surface area contributed by atoms with E-state index in [9.17, 15) is 10.1 Å². The number of ether oxygens (including phenoxy) is 1. The Kier molecular flexibility index (Phi) is 4.31. The van der Waals surface area contributed by atoms with E-state index >= 15 is 0 Å². The molecule has 0 amide bonds. The number of hydrogen-bond donors (Lipinski definition) is 1. The fourth-order valence-electron chi connectivity index (χ4n) is 2.36. The highest BCUT2D eigenvalue weighted by Gasteiger charge is 2.27. The molecule has 1 aromatic rings. The highest BCUT2D eigenvalue weighted by Crippen LogP contribution is 2.25. The van der Waals surface area contributed by atoms with E-state index in [1.165, 1.54) is 31.2 Å². The van der Waals surface area contributed by atoms with Crippen LogP contribution in [0.5, 0.6) is 5.88 Å². The summed E-state index contributed by atoms with van der Waals surface area (Å²) in [5.74, 6) is 0.389. The average Bonchev–Trinajstić information content (AvgIpc) is 2.62. The van der Waals surface area contributed by atoms with Gasteiger partial charge in [0.2, 0.25) is 5.88 Å². The fraction of sp³-hybridized carbons (Fsp3) is 0.615. The molecule has 2 rings (SSSR count). The van der Waals surface area contributed by atoms with E-state index in [2.05, 4.69) is 4.98 Å². The molecule has 1 saturated carbocycles. The maximum atomic E-state index is 10.5. The van der Waals surface area contributed by atoms with Gasteiger partial charge in [-0.1, -0.05) is 25.7 Å². The average molecular weight is 265 g/mol. The SMILES string of the molecule is NC1(COc2ccc([N+](=O)[O-])cn2)CCCCCC1. The van der Waals surface area contributed by atoms with Gasteiger partial charge < -0.3 is 10.5 Å². The van der Waals surface area contributed by atoms with Crippen molar-refractivity contribution in [2.24, 2.45) is 5.73 Å². The first-order valence-electron chi connectivity index (χ1n) is 6.61. The van der Waals surface area contributed by atoms with Crippen LogP contribution in [-0.4, -0.2) is 22.1 Å². The molecule has 1 aliphatic rings. The first-order valence-corrected chi connectivity index (χ1v) is 6.61. The zero-order valence-corrected chi connectivity index (χ0v) is 10.9. The molecule has 0 unspecified atom stereocenters. The quantitative estimate of drug-likeness (QED) is 0.513. The summed E-state index contributed by atoms with van der Waals surface area (Å²) >= 11 is 0. The smallest absolute Gasteiger partial charge is 0.287 e. The number of pyridine rings is 1. The first kappa shape index (κ1) is 13.7. The highest BCUT2D eigenvalue weighted by atomic mass is 16.6. The second-order valence-electron chi connectivity index (χ2n) is 5.18. The zero-order chi connectivity index (χ0) is 13.7. The molecule has 0 saturated heterocycles. The van der Waals surface area contributed by atoms with Gasteiger partial charge in [0.25, 0.3) is 5.69 Å². The lowest BCUT2D eigenvalue weighted by atomic mass is 9.93. The summed E-state index contributed by atoms with van der Waals surface area (Å²) in [4.78, 5) is 14.0. The van der Waals surface area contributed by atoms with Crippen molar-refractivity contribution in [1.29, 1.82) is 0 Å². The number of nitrogens with two attached hydrogens (primary N) is 1. The first-order chi connectivity index (χ1) is 9.09. The van der Waals surface area contributed by atoms with Crippen molar-refractivity contribution < 1.29 is 9.66 Å². The van der Waals surface area contributed by atoms with E-state index < -0.39 is 4.92 Å². The van der Waals surface area contributed by atoms with Crippen LogP contribution in [0.25, 0.3) is 0 Å². The minimum atomic E-state index is -0.480. The Hall–Kier alpha value is -1.69. The fourth-order valence-corrected chi connectivity index (χ4v) is 2.36. The van der Waals surface area contributed by atoms with E-state index in [-0.39, 0.29) is 11.2 Å². The topological polar surface area (TPSA) is 91.3 Å². The third-order valence-electron chi connectivity index (χ3n) is 3.54. The van der Waals surface area contributed by atoms with Gasteiger partial charge in [-0.25, -0.2) is 4.98 Å². The van der Waals surface area contributed by atoms with Crippen molar-refractivity contribution >= 4 is 5.69 Å². The van der Waals surface area contributed by atoms with E-state index in [0.717, 1.165) is 25.7 Å². The Morgan fingerprint density at radius 3 is 2.53 bits per heavy atom. The number of aromatic nitrogens is 1. The van der Waals surface area contributed by atoms with Gasteiger partial charge in [-0.3, -0.25) is 10.1 Å². The molecule has 2 N–H and O–H groups in total. The molecule has 1 aliphatic carbocycles. The molecular weight excluding hydrogens is 246 g/mol. The molecule has 6 nitrogen and oxygen atoms in total. The molecule has 0 spiro atoms. The monoisotopic (exact) mass is 265 g/mol.